The van der Waals surface area contributed by atoms with Crippen molar-refractivity contribution in [2.45, 2.75) is 19.8 Å². The molecule has 2 atom stereocenters. The Morgan fingerprint density at radius 1 is 1.58 bits per heavy atom. The van der Waals surface area contributed by atoms with Gasteiger partial charge in [-0.2, -0.15) is 0 Å². The van der Waals surface area contributed by atoms with E-state index in [1.807, 2.05) is 0 Å². The summed E-state index contributed by atoms with van der Waals surface area (Å²) in [5.41, 5.74) is 0. The fraction of sp³-hybridized carbons (Fsp3) is 0.538. The molecular weight excluding hydrogens is 285 g/mol. The zero-order chi connectivity index (χ0) is 13.8. The van der Waals surface area contributed by atoms with Gasteiger partial charge in [0, 0.05) is 12.1 Å². The maximum atomic E-state index is 12.0. The van der Waals surface area contributed by atoms with Crippen molar-refractivity contribution >= 4 is 34.9 Å². The summed E-state index contributed by atoms with van der Waals surface area (Å²) in [6, 6.07) is 1.57. The van der Waals surface area contributed by atoms with Crippen LogP contribution in [0.5, 0.6) is 0 Å². The molecule has 0 saturated carbocycles. The Kier molecular flexibility index (Phi) is 5.02. The summed E-state index contributed by atoms with van der Waals surface area (Å²) in [7, 11) is 0. The van der Waals surface area contributed by atoms with Crippen molar-refractivity contribution in [2.24, 2.45) is 5.92 Å². The van der Waals surface area contributed by atoms with Gasteiger partial charge in [0.25, 0.3) is 5.91 Å². The molecular formula is C13H18Cl2N3O+. The van der Waals surface area contributed by atoms with Gasteiger partial charge in [0.15, 0.2) is 12.4 Å². The highest BCUT2D eigenvalue weighted by Crippen LogP contribution is 2.22. The molecule has 1 aromatic rings. The summed E-state index contributed by atoms with van der Waals surface area (Å²) >= 11 is 11.7. The van der Waals surface area contributed by atoms with E-state index in [0.29, 0.717) is 28.3 Å². The number of amides is 1. The summed E-state index contributed by atoms with van der Waals surface area (Å²) in [5.74, 6) is 1.01. The quantitative estimate of drug-likeness (QED) is 0.892. The monoisotopic (exact) mass is 302 g/mol. The van der Waals surface area contributed by atoms with E-state index < -0.39 is 0 Å². The van der Waals surface area contributed by atoms with E-state index >= 15 is 0 Å². The van der Waals surface area contributed by atoms with Crippen molar-refractivity contribution < 1.29 is 9.69 Å². The summed E-state index contributed by atoms with van der Waals surface area (Å²) in [6.07, 6.45) is 3.91. The molecule has 6 heteroatoms. The van der Waals surface area contributed by atoms with Gasteiger partial charge in [-0.15, -0.1) is 0 Å². The molecule has 1 aliphatic rings. The van der Waals surface area contributed by atoms with E-state index in [2.05, 4.69) is 17.2 Å². The molecule has 1 aliphatic heterocycles. The predicted octanol–water partition coefficient (Wildman–Crippen LogP) is 1.64. The SMILES string of the molecule is C[C@H]1CCC[NH+](CC(=O)Nc2ncc(Cl)cc2Cl)C1. The molecule has 0 radical (unpaired) electrons. The number of carbonyl (C=O) groups is 1. The average Bonchev–Trinajstić information content (AvgIpc) is 2.33. The number of hydrogen-bond acceptors (Lipinski definition) is 2. The minimum atomic E-state index is -0.0548. The van der Waals surface area contributed by atoms with Gasteiger partial charge >= 0.3 is 0 Å². The summed E-state index contributed by atoms with van der Waals surface area (Å²) in [4.78, 5) is 17.3. The van der Waals surface area contributed by atoms with E-state index in [-0.39, 0.29) is 5.91 Å². The number of rotatable bonds is 3. The van der Waals surface area contributed by atoms with Crippen LogP contribution in [-0.4, -0.2) is 30.5 Å². The highest BCUT2D eigenvalue weighted by Gasteiger charge is 2.22. The number of hydrogen-bond donors (Lipinski definition) is 2. The van der Waals surface area contributed by atoms with Gasteiger partial charge in [0.05, 0.1) is 23.1 Å². The van der Waals surface area contributed by atoms with E-state index in [0.717, 1.165) is 13.1 Å². The van der Waals surface area contributed by atoms with Gasteiger partial charge in [-0.1, -0.05) is 30.1 Å². The summed E-state index contributed by atoms with van der Waals surface area (Å²) in [5, 5.41) is 3.56. The van der Waals surface area contributed by atoms with Gasteiger partial charge in [0.2, 0.25) is 0 Å². The number of nitrogens with zero attached hydrogens (tertiary/aromatic N) is 1. The van der Waals surface area contributed by atoms with Crippen LogP contribution in [0.15, 0.2) is 12.3 Å². The Labute approximate surface area is 123 Å². The van der Waals surface area contributed by atoms with Gasteiger partial charge < -0.3 is 10.2 Å². The van der Waals surface area contributed by atoms with Crippen LogP contribution in [-0.2, 0) is 4.79 Å². The van der Waals surface area contributed by atoms with Gasteiger partial charge in [0.1, 0.15) is 0 Å². The van der Waals surface area contributed by atoms with Gasteiger partial charge in [-0.3, -0.25) is 4.79 Å². The van der Waals surface area contributed by atoms with Crippen molar-refractivity contribution in [1.29, 1.82) is 0 Å². The zero-order valence-electron chi connectivity index (χ0n) is 10.9. The highest BCUT2D eigenvalue weighted by atomic mass is 35.5. The largest absolute Gasteiger partial charge is 0.327 e. The van der Waals surface area contributed by atoms with Crippen molar-refractivity contribution in [3.63, 3.8) is 0 Å². The van der Waals surface area contributed by atoms with Crippen LogP contribution in [0.2, 0.25) is 10.0 Å². The maximum absolute atomic E-state index is 12.0. The molecule has 0 bridgehead atoms. The Balaban J connectivity index is 1.90. The predicted molar refractivity (Wildman–Crippen MR) is 76.8 cm³/mol. The number of halogens is 2. The maximum Gasteiger partial charge on any atom is 0.280 e. The van der Waals surface area contributed by atoms with Crippen molar-refractivity contribution in [3.05, 3.63) is 22.3 Å². The van der Waals surface area contributed by atoms with Crippen molar-refractivity contribution in [3.8, 4) is 0 Å². The Bertz CT molecular complexity index is 467. The molecule has 1 saturated heterocycles. The van der Waals surface area contributed by atoms with Crippen LogP contribution in [0.4, 0.5) is 5.82 Å². The minimum Gasteiger partial charge on any atom is -0.327 e. The molecule has 104 valence electrons. The number of pyridine rings is 1. The number of piperidine rings is 1. The third-order valence-electron chi connectivity index (χ3n) is 3.34. The molecule has 1 fully saturated rings. The van der Waals surface area contributed by atoms with Crippen molar-refractivity contribution in [1.82, 2.24) is 4.98 Å². The summed E-state index contributed by atoms with van der Waals surface area (Å²) in [6.45, 7) is 4.80. The molecule has 4 nitrogen and oxygen atoms in total. The Morgan fingerprint density at radius 2 is 2.37 bits per heavy atom. The molecule has 19 heavy (non-hydrogen) atoms. The van der Waals surface area contributed by atoms with Crippen LogP contribution < -0.4 is 10.2 Å². The highest BCUT2D eigenvalue weighted by molar-refractivity contribution is 6.36. The van der Waals surface area contributed by atoms with Crippen LogP contribution in [0.3, 0.4) is 0 Å². The van der Waals surface area contributed by atoms with Crippen LogP contribution in [0.25, 0.3) is 0 Å². The molecule has 0 spiro atoms. The normalized spacial score (nSPS) is 23.1. The number of aromatic nitrogens is 1. The molecule has 2 heterocycles. The summed E-state index contributed by atoms with van der Waals surface area (Å²) < 4.78 is 0. The van der Waals surface area contributed by atoms with E-state index in [4.69, 9.17) is 23.2 Å². The van der Waals surface area contributed by atoms with Gasteiger partial charge in [-0.05, 0) is 18.9 Å². The molecule has 0 aromatic carbocycles. The minimum absolute atomic E-state index is 0.0548. The topological polar surface area (TPSA) is 46.4 Å². The third-order valence-corrected chi connectivity index (χ3v) is 3.84. The van der Waals surface area contributed by atoms with E-state index in [9.17, 15) is 4.79 Å². The second kappa shape index (κ2) is 6.55. The van der Waals surface area contributed by atoms with E-state index in [1.165, 1.54) is 23.9 Å². The van der Waals surface area contributed by atoms with Crippen LogP contribution in [0.1, 0.15) is 19.8 Å². The first-order chi connectivity index (χ1) is 9.04. The molecule has 2 N–H and O–H groups in total. The Hall–Kier alpha value is -0.840. The lowest BCUT2D eigenvalue weighted by atomic mass is 10.0. The number of anilines is 1. The lowest BCUT2D eigenvalue weighted by Gasteiger charge is -2.27. The first kappa shape index (κ1) is 14.6. The zero-order valence-corrected chi connectivity index (χ0v) is 12.4. The standard InChI is InChI=1S/C13H17Cl2N3O/c1-9-3-2-4-18(7-9)8-12(19)17-13-11(15)5-10(14)6-16-13/h5-6,9H,2-4,7-8H2,1H3,(H,16,17,19)/p+1/t9-/m0/s1. The van der Waals surface area contributed by atoms with Crippen LogP contribution in [0, 0.1) is 5.92 Å². The van der Waals surface area contributed by atoms with Crippen LogP contribution >= 0.6 is 23.2 Å². The third kappa shape index (κ3) is 4.34. The van der Waals surface area contributed by atoms with E-state index in [1.54, 1.807) is 6.07 Å². The van der Waals surface area contributed by atoms with Gasteiger partial charge in [-0.25, -0.2) is 4.98 Å². The fourth-order valence-electron chi connectivity index (χ4n) is 2.47. The first-order valence-corrected chi connectivity index (χ1v) is 7.24. The smallest absolute Gasteiger partial charge is 0.280 e. The number of likely N-dealkylation sites (tertiary alicyclic amines) is 1. The lowest BCUT2D eigenvalue weighted by molar-refractivity contribution is -0.900. The molecule has 0 aliphatic carbocycles. The molecule has 2 rings (SSSR count). The number of nitrogens with one attached hydrogen (secondary N) is 2. The lowest BCUT2D eigenvalue weighted by Crippen LogP contribution is -3.14. The van der Waals surface area contributed by atoms with Crippen molar-refractivity contribution in [2.75, 3.05) is 25.0 Å². The molecule has 1 aromatic heterocycles. The molecule has 1 unspecified atom stereocenters. The fourth-order valence-corrected chi connectivity index (χ4v) is 2.90. The number of quaternary nitrogens is 1. The average molecular weight is 303 g/mol. The molecule has 1 amide bonds. The number of carbonyl (C=O) groups excluding carboxylic acids is 1. The Morgan fingerprint density at radius 3 is 3.05 bits per heavy atom. The second-order valence-electron chi connectivity index (χ2n) is 5.16. The first-order valence-electron chi connectivity index (χ1n) is 6.49. The second-order valence-corrected chi connectivity index (χ2v) is 6.00.